The van der Waals surface area contributed by atoms with Crippen LogP contribution in [0, 0.1) is 5.92 Å². The van der Waals surface area contributed by atoms with E-state index >= 15 is 0 Å². The Bertz CT molecular complexity index is 474. The summed E-state index contributed by atoms with van der Waals surface area (Å²) in [6.07, 6.45) is 10.3. The largest absolute Gasteiger partial charge is 0.346 e. The van der Waals surface area contributed by atoms with Crippen molar-refractivity contribution in [2.75, 3.05) is 6.54 Å². The third-order valence-corrected chi connectivity index (χ3v) is 4.78. The molecule has 0 radical (unpaired) electrons. The molecule has 3 aliphatic rings. The predicted molar refractivity (Wildman–Crippen MR) is 70.1 cm³/mol. The second kappa shape index (κ2) is 4.07. The van der Waals surface area contributed by atoms with Gasteiger partial charge in [0.15, 0.2) is 0 Å². The molecule has 1 aromatic heterocycles. The molecule has 1 aliphatic heterocycles. The molecule has 0 unspecified atom stereocenters. The van der Waals surface area contributed by atoms with Crippen LogP contribution in [0.4, 0.5) is 0 Å². The van der Waals surface area contributed by atoms with Crippen LogP contribution in [0.5, 0.6) is 0 Å². The van der Waals surface area contributed by atoms with Gasteiger partial charge in [-0.15, -0.1) is 0 Å². The molecule has 1 amide bonds. The number of carbonyl (C=O) groups excluding carboxylic acids is 1. The SMILES string of the molecule is O=C1N(CC2CC2)[C@@H](c2ncc[nH]2)NC12CCCC2. The Labute approximate surface area is 112 Å². The van der Waals surface area contributed by atoms with Gasteiger partial charge in [0.1, 0.15) is 12.0 Å². The second-order valence-electron chi connectivity index (χ2n) is 6.21. The van der Waals surface area contributed by atoms with Crippen molar-refractivity contribution in [3.63, 3.8) is 0 Å². The van der Waals surface area contributed by atoms with Crippen molar-refractivity contribution in [3.05, 3.63) is 18.2 Å². The Kier molecular flexibility index (Phi) is 2.45. The predicted octanol–water partition coefficient (Wildman–Crippen LogP) is 1.56. The minimum Gasteiger partial charge on any atom is -0.346 e. The summed E-state index contributed by atoms with van der Waals surface area (Å²) in [6.45, 7) is 0.888. The number of H-pyrrole nitrogens is 1. The lowest BCUT2D eigenvalue weighted by Gasteiger charge is -2.22. The fourth-order valence-corrected chi connectivity index (χ4v) is 3.54. The number of carbonyl (C=O) groups is 1. The Morgan fingerprint density at radius 1 is 1.37 bits per heavy atom. The standard InChI is InChI=1S/C14H20N4O/c19-13-14(5-1-2-6-14)17-12(11-15-7-8-16-11)18(13)9-10-3-4-10/h7-8,10,12,17H,1-6,9H2,(H,15,16)/t12-/m0/s1. The maximum Gasteiger partial charge on any atom is 0.244 e. The molecule has 1 atom stereocenters. The van der Waals surface area contributed by atoms with Gasteiger partial charge in [-0.1, -0.05) is 12.8 Å². The van der Waals surface area contributed by atoms with Crippen LogP contribution in [0.1, 0.15) is 50.5 Å². The number of rotatable bonds is 3. The first-order valence-corrected chi connectivity index (χ1v) is 7.37. The van der Waals surface area contributed by atoms with Gasteiger partial charge < -0.3 is 9.88 Å². The molecule has 2 aliphatic carbocycles. The van der Waals surface area contributed by atoms with E-state index in [1.165, 1.54) is 12.8 Å². The summed E-state index contributed by atoms with van der Waals surface area (Å²) in [7, 11) is 0. The third kappa shape index (κ3) is 1.79. The van der Waals surface area contributed by atoms with Gasteiger partial charge >= 0.3 is 0 Å². The van der Waals surface area contributed by atoms with E-state index in [1.54, 1.807) is 6.20 Å². The number of hydrogen-bond donors (Lipinski definition) is 2. The summed E-state index contributed by atoms with van der Waals surface area (Å²) in [4.78, 5) is 22.4. The zero-order valence-corrected chi connectivity index (χ0v) is 11.1. The van der Waals surface area contributed by atoms with Crippen molar-refractivity contribution in [3.8, 4) is 0 Å². The molecule has 3 fully saturated rings. The van der Waals surface area contributed by atoms with E-state index < -0.39 is 0 Å². The number of nitrogens with one attached hydrogen (secondary N) is 2. The number of hydrogen-bond acceptors (Lipinski definition) is 3. The van der Waals surface area contributed by atoms with Crippen molar-refractivity contribution < 1.29 is 4.79 Å². The summed E-state index contributed by atoms with van der Waals surface area (Å²) in [6, 6.07) is 0. The Morgan fingerprint density at radius 3 is 2.79 bits per heavy atom. The van der Waals surface area contributed by atoms with E-state index in [1.807, 2.05) is 11.1 Å². The number of amides is 1. The van der Waals surface area contributed by atoms with E-state index in [0.717, 1.165) is 38.1 Å². The van der Waals surface area contributed by atoms with Gasteiger partial charge in [-0.05, 0) is 31.6 Å². The third-order valence-electron chi connectivity index (χ3n) is 4.78. The summed E-state index contributed by atoms with van der Waals surface area (Å²) in [5, 5.41) is 3.58. The molecule has 1 saturated heterocycles. The molecule has 5 nitrogen and oxygen atoms in total. The van der Waals surface area contributed by atoms with E-state index in [4.69, 9.17) is 0 Å². The fraction of sp³-hybridized carbons (Fsp3) is 0.714. The summed E-state index contributed by atoms with van der Waals surface area (Å²) >= 11 is 0. The number of imidazole rings is 1. The molecule has 0 bridgehead atoms. The van der Waals surface area contributed by atoms with Crippen LogP contribution in [0.2, 0.25) is 0 Å². The van der Waals surface area contributed by atoms with Crippen molar-refractivity contribution in [1.82, 2.24) is 20.2 Å². The molecule has 2 saturated carbocycles. The molecule has 4 rings (SSSR count). The molecule has 102 valence electrons. The molecule has 5 heteroatoms. The van der Waals surface area contributed by atoms with Crippen molar-refractivity contribution in [2.45, 2.75) is 50.2 Å². The first-order valence-electron chi connectivity index (χ1n) is 7.37. The minimum absolute atomic E-state index is 0.0544. The zero-order valence-electron chi connectivity index (χ0n) is 11.1. The summed E-state index contributed by atoms with van der Waals surface area (Å²) < 4.78 is 0. The van der Waals surface area contributed by atoms with Crippen molar-refractivity contribution in [1.29, 1.82) is 0 Å². The molecule has 2 heterocycles. The normalized spacial score (nSPS) is 29.6. The monoisotopic (exact) mass is 260 g/mol. The molecule has 2 N–H and O–H groups in total. The van der Waals surface area contributed by atoms with Crippen molar-refractivity contribution >= 4 is 5.91 Å². The second-order valence-corrected chi connectivity index (χ2v) is 6.21. The smallest absolute Gasteiger partial charge is 0.244 e. The van der Waals surface area contributed by atoms with Gasteiger partial charge in [-0.3, -0.25) is 10.1 Å². The zero-order chi connectivity index (χ0) is 12.9. The van der Waals surface area contributed by atoms with E-state index in [-0.39, 0.29) is 11.7 Å². The average molecular weight is 260 g/mol. The van der Waals surface area contributed by atoms with Crippen LogP contribution in [-0.2, 0) is 4.79 Å². The molecule has 1 spiro atoms. The Morgan fingerprint density at radius 2 is 2.16 bits per heavy atom. The first kappa shape index (κ1) is 11.5. The number of aromatic nitrogens is 2. The highest BCUT2D eigenvalue weighted by Gasteiger charge is 2.54. The van der Waals surface area contributed by atoms with Gasteiger partial charge in [0.05, 0.1) is 5.54 Å². The van der Waals surface area contributed by atoms with E-state index in [2.05, 4.69) is 15.3 Å². The van der Waals surface area contributed by atoms with Crippen LogP contribution >= 0.6 is 0 Å². The number of aromatic amines is 1. The van der Waals surface area contributed by atoms with Crippen molar-refractivity contribution in [2.24, 2.45) is 5.92 Å². The van der Waals surface area contributed by atoms with E-state index in [0.29, 0.717) is 11.8 Å². The fourth-order valence-electron chi connectivity index (χ4n) is 3.54. The summed E-state index contributed by atoms with van der Waals surface area (Å²) in [5.41, 5.74) is -0.299. The van der Waals surface area contributed by atoms with E-state index in [9.17, 15) is 4.79 Å². The van der Waals surface area contributed by atoms with Crippen LogP contribution in [0.3, 0.4) is 0 Å². The molecule has 1 aromatic rings. The number of nitrogens with zero attached hydrogens (tertiary/aromatic N) is 2. The molecule has 19 heavy (non-hydrogen) atoms. The quantitative estimate of drug-likeness (QED) is 0.867. The van der Waals surface area contributed by atoms with Crippen LogP contribution < -0.4 is 5.32 Å². The average Bonchev–Trinajstić information content (AvgIpc) is 2.84. The Balaban J connectivity index is 1.65. The topological polar surface area (TPSA) is 61.0 Å². The van der Waals surface area contributed by atoms with Crippen LogP contribution in [0.25, 0.3) is 0 Å². The Hall–Kier alpha value is -1.36. The lowest BCUT2D eigenvalue weighted by atomic mass is 9.98. The highest BCUT2D eigenvalue weighted by atomic mass is 16.2. The summed E-state index contributed by atoms with van der Waals surface area (Å²) in [5.74, 6) is 1.89. The van der Waals surface area contributed by atoms with Gasteiger partial charge in [-0.25, -0.2) is 4.98 Å². The van der Waals surface area contributed by atoms with Crippen LogP contribution in [-0.4, -0.2) is 32.9 Å². The van der Waals surface area contributed by atoms with Crippen LogP contribution in [0.15, 0.2) is 12.4 Å². The first-order chi connectivity index (χ1) is 9.28. The highest BCUT2D eigenvalue weighted by Crippen LogP contribution is 2.42. The molecule has 0 aromatic carbocycles. The van der Waals surface area contributed by atoms with Gasteiger partial charge in [0, 0.05) is 18.9 Å². The van der Waals surface area contributed by atoms with Gasteiger partial charge in [-0.2, -0.15) is 0 Å². The highest BCUT2D eigenvalue weighted by molar-refractivity contribution is 5.89. The molecular weight excluding hydrogens is 240 g/mol. The maximum atomic E-state index is 12.8. The maximum absolute atomic E-state index is 12.8. The van der Waals surface area contributed by atoms with Gasteiger partial charge in [0.25, 0.3) is 0 Å². The lowest BCUT2D eigenvalue weighted by Crippen LogP contribution is -2.44. The molecular formula is C14H20N4O. The van der Waals surface area contributed by atoms with Gasteiger partial charge in [0.2, 0.25) is 5.91 Å². The minimum atomic E-state index is -0.299. The lowest BCUT2D eigenvalue weighted by molar-refractivity contribution is -0.133.